The van der Waals surface area contributed by atoms with Crippen LogP contribution in [0.3, 0.4) is 0 Å². The zero-order valence-electron chi connectivity index (χ0n) is 12.9. The average Bonchev–Trinajstić information content (AvgIpc) is 3.09. The highest BCUT2D eigenvalue weighted by molar-refractivity contribution is 5.97. The summed E-state index contributed by atoms with van der Waals surface area (Å²) < 4.78 is 29.4. The van der Waals surface area contributed by atoms with Crippen LogP contribution in [0.1, 0.15) is 16.8 Å². The summed E-state index contributed by atoms with van der Waals surface area (Å²) in [7, 11) is 0. The molecule has 1 aromatic carbocycles. The normalized spacial score (nSPS) is 22.6. The molecule has 1 aromatic rings. The number of nitrogens with one attached hydrogen (secondary N) is 1. The number of halogens is 2. The minimum Gasteiger partial charge on any atom is -0.434 e. The van der Waals surface area contributed by atoms with Crippen molar-refractivity contribution in [2.75, 3.05) is 39.3 Å². The van der Waals surface area contributed by atoms with E-state index < -0.39 is 6.61 Å². The van der Waals surface area contributed by atoms with Gasteiger partial charge in [0.05, 0.1) is 5.56 Å². The largest absolute Gasteiger partial charge is 0.434 e. The molecular weight excluding hydrogens is 304 g/mol. The molecule has 1 N–H and O–H groups in total. The summed E-state index contributed by atoms with van der Waals surface area (Å²) in [6.07, 6.45) is 1.14. The first-order chi connectivity index (χ1) is 11.1. The van der Waals surface area contributed by atoms with Gasteiger partial charge in [-0.25, -0.2) is 0 Å². The van der Waals surface area contributed by atoms with Gasteiger partial charge >= 0.3 is 6.61 Å². The average molecular weight is 325 g/mol. The summed E-state index contributed by atoms with van der Waals surface area (Å²) in [4.78, 5) is 16.7. The Hall–Kier alpha value is -1.73. The molecule has 2 saturated heterocycles. The molecule has 3 rings (SSSR count). The Balaban J connectivity index is 1.63. The van der Waals surface area contributed by atoms with Crippen LogP contribution in [0.15, 0.2) is 24.3 Å². The lowest BCUT2D eigenvalue weighted by atomic mass is 10.1. The first-order valence-electron chi connectivity index (χ1n) is 7.93. The Labute approximate surface area is 134 Å². The number of benzene rings is 1. The van der Waals surface area contributed by atoms with E-state index in [1.54, 1.807) is 17.0 Å². The fourth-order valence-corrected chi connectivity index (χ4v) is 3.25. The molecule has 2 heterocycles. The van der Waals surface area contributed by atoms with E-state index in [4.69, 9.17) is 0 Å². The van der Waals surface area contributed by atoms with Crippen LogP contribution < -0.4 is 10.1 Å². The number of nitrogens with zero attached hydrogens (tertiary/aromatic N) is 2. The number of alkyl halides is 2. The summed E-state index contributed by atoms with van der Waals surface area (Å²) in [5.41, 5.74) is 0.198. The highest BCUT2D eigenvalue weighted by Crippen LogP contribution is 2.23. The van der Waals surface area contributed by atoms with Crippen molar-refractivity contribution in [1.29, 1.82) is 0 Å². The van der Waals surface area contributed by atoms with Crippen molar-refractivity contribution in [3.05, 3.63) is 29.8 Å². The van der Waals surface area contributed by atoms with Crippen molar-refractivity contribution in [3.63, 3.8) is 0 Å². The van der Waals surface area contributed by atoms with E-state index in [1.165, 1.54) is 12.1 Å². The van der Waals surface area contributed by atoms with Crippen molar-refractivity contribution in [2.24, 2.45) is 0 Å². The van der Waals surface area contributed by atoms with Gasteiger partial charge in [-0.2, -0.15) is 8.78 Å². The Kier molecular flexibility index (Phi) is 5.07. The van der Waals surface area contributed by atoms with Crippen molar-refractivity contribution in [2.45, 2.75) is 19.1 Å². The zero-order valence-corrected chi connectivity index (χ0v) is 12.9. The van der Waals surface area contributed by atoms with Crippen LogP contribution in [-0.2, 0) is 0 Å². The Bertz CT molecular complexity index is 542. The number of para-hydroxylation sites is 1. The van der Waals surface area contributed by atoms with Crippen LogP contribution in [0.5, 0.6) is 5.75 Å². The third kappa shape index (κ3) is 3.79. The number of rotatable bonds is 4. The van der Waals surface area contributed by atoms with E-state index in [0.717, 1.165) is 32.6 Å². The fourth-order valence-electron chi connectivity index (χ4n) is 3.25. The second-order valence-corrected chi connectivity index (χ2v) is 5.85. The predicted molar refractivity (Wildman–Crippen MR) is 81.8 cm³/mol. The SMILES string of the molecule is O=C(c1ccccc1OC(F)F)N1CCN(C2CCNC2)CC1. The molecule has 0 aromatic heterocycles. The number of ether oxygens (including phenoxy) is 1. The first-order valence-corrected chi connectivity index (χ1v) is 7.93. The van der Waals surface area contributed by atoms with Gasteiger partial charge in [0.2, 0.25) is 0 Å². The summed E-state index contributed by atoms with van der Waals surface area (Å²) in [6.45, 7) is 1.96. The van der Waals surface area contributed by atoms with Crippen LogP contribution in [0.25, 0.3) is 0 Å². The van der Waals surface area contributed by atoms with Gasteiger partial charge in [0, 0.05) is 38.8 Å². The second kappa shape index (κ2) is 7.23. The van der Waals surface area contributed by atoms with E-state index in [-0.39, 0.29) is 17.2 Å². The molecule has 126 valence electrons. The lowest BCUT2D eigenvalue weighted by Gasteiger charge is -2.37. The molecule has 1 amide bonds. The number of piperazine rings is 1. The molecule has 5 nitrogen and oxygen atoms in total. The fraction of sp³-hybridized carbons (Fsp3) is 0.562. The topological polar surface area (TPSA) is 44.8 Å². The Morgan fingerprint density at radius 1 is 1.22 bits per heavy atom. The summed E-state index contributed by atoms with van der Waals surface area (Å²) >= 11 is 0. The maximum absolute atomic E-state index is 12.6. The van der Waals surface area contributed by atoms with Gasteiger partial charge in [0.25, 0.3) is 5.91 Å². The van der Waals surface area contributed by atoms with E-state index in [0.29, 0.717) is 19.1 Å². The van der Waals surface area contributed by atoms with E-state index >= 15 is 0 Å². The predicted octanol–water partition coefficient (Wildman–Crippen LogP) is 1.41. The molecule has 2 fully saturated rings. The maximum Gasteiger partial charge on any atom is 0.387 e. The number of carbonyl (C=O) groups is 1. The second-order valence-electron chi connectivity index (χ2n) is 5.85. The third-order valence-electron chi connectivity index (χ3n) is 4.49. The molecule has 0 aliphatic carbocycles. The van der Waals surface area contributed by atoms with Crippen LogP contribution in [0.2, 0.25) is 0 Å². The molecule has 23 heavy (non-hydrogen) atoms. The summed E-state index contributed by atoms with van der Waals surface area (Å²) in [5.74, 6) is -0.305. The van der Waals surface area contributed by atoms with Crippen LogP contribution >= 0.6 is 0 Å². The molecule has 0 spiro atoms. The van der Waals surface area contributed by atoms with Gasteiger partial charge in [0.15, 0.2) is 0 Å². The van der Waals surface area contributed by atoms with Gasteiger partial charge in [-0.3, -0.25) is 9.69 Å². The van der Waals surface area contributed by atoms with Gasteiger partial charge in [-0.15, -0.1) is 0 Å². The van der Waals surface area contributed by atoms with E-state index in [1.807, 2.05) is 0 Å². The van der Waals surface area contributed by atoms with Gasteiger partial charge < -0.3 is 15.0 Å². The molecule has 2 aliphatic heterocycles. The molecule has 7 heteroatoms. The highest BCUT2D eigenvalue weighted by Gasteiger charge is 2.29. The molecule has 1 atom stereocenters. The third-order valence-corrected chi connectivity index (χ3v) is 4.49. The number of hydrogen-bond acceptors (Lipinski definition) is 4. The summed E-state index contributed by atoms with van der Waals surface area (Å²) in [5, 5.41) is 3.35. The molecular formula is C16H21F2N3O2. The van der Waals surface area contributed by atoms with Gasteiger partial charge in [0.1, 0.15) is 5.75 Å². The monoisotopic (exact) mass is 325 g/mol. The summed E-state index contributed by atoms with van der Waals surface area (Å²) in [6, 6.07) is 6.72. The van der Waals surface area contributed by atoms with Crippen molar-refractivity contribution < 1.29 is 18.3 Å². The molecule has 0 saturated carbocycles. The quantitative estimate of drug-likeness (QED) is 0.909. The van der Waals surface area contributed by atoms with E-state index in [2.05, 4.69) is 15.0 Å². The van der Waals surface area contributed by atoms with Crippen molar-refractivity contribution in [3.8, 4) is 5.75 Å². The van der Waals surface area contributed by atoms with Gasteiger partial charge in [-0.1, -0.05) is 12.1 Å². The van der Waals surface area contributed by atoms with Crippen LogP contribution in [-0.4, -0.2) is 67.6 Å². The molecule has 2 aliphatic rings. The Morgan fingerprint density at radius 2 is 1.96 bits per heavy atom. The minimum atomic E-state index is -2.93. The highest BCUT2D eigenvalue weighted by atomic mass is 19.3. The number of amides is 1. The molecule has 0 bridgehead atoms. The molecule has 1 unspecified atom stereocenters. The van der Waals surface area contributed by atoms with Crippen molar-refractivity contribution >= 4 is 5.91 Å². The van der Waals surface area contributed by atoms with Crippen LogP contribution in [0, 0.1) is 0 Å². The molecule has 0 radical (unpaired) electrons. The zero-order chi connectivity index (χ0) is 16.2. The first kappa shape index (κ1) is 16.1. The lowest BCUT2D eigenvalue weighted by Crippen LogP contribution is -2.52. The van der Waals surface area contributed by atoms with E-state index in [9.17, 15) is 13.6 Å². The smallest absolute Gasteiger partial charge is 0.387 e. The maximum atomic E-state index is 12.6. The van der Waals surface area contributed by atoms with Gasteiger partial charge in [-0.05, 0) is 25.1 Å². The standard InChI is InChI=1S/C16H21F2N3O2/c17-16(18)23-14-4-2-1-3-13(14)15(22)21-9-7-20(8-10-21)12-5-6-19-11-12/h1-4,12,16,19H,5-11H2. The lowest BCUT2D eigenvalue weighted by molar-refractivity contribution is -0.0503. The van der Waals surface area contributed by atoms with Crippen molar-refractivity contribution in [1.82, 2.24) is 15.1 Å². The number of hydrogen-bond donors (Lipinski definition) is 1. The Morgan fingerprint density at radius 3 is 2.61 bits per heavy atom. The minimum absolute atomic E-state index is 0.0603. The van der Waals surface area contributed by atoms with Crippen LogP contribution in [0.4, 0.5) is 8.78 Å². The number of carbonyl (C=O) groups excluding carboxylic acids is 1.